The number of nitrogens with one attached hydrogen (secondary N) is 1. The lowest BCUT2D eigenvalue weighted by molar-refractivity contribution is -0.119. The first kappa shape index (κ1) is 10.4. The zero-order valence-electron chi connectivity index (χ0n) is 8.29. The van der Waals surface area contributed by atoms with Crippen LogP contribution in [0.25, 0.3) is 0 Å². The molecule has 14 heavy (non-hydrogen) atoms. The molecule has 0 aliphatic rings. The summed E-state index contributed by atoms with van der Waals surface area (Å²) in [6, 6.07) is 3.26. The van der Waals surface area contributed by atoms with Crippen molar-refractivity contribution in [2.75, 3.05) is 5.73 Å². The highest BCUT2D eigenvalue weighted by molar-refractivity contribution is 5.73. The van der Waals surface area contributed by atoms with E-state index >= 15 is 0 Å². The number of carbonyl (C=O) groups excluding carboxylic acids is 1. The maximum Gasteiger partial charge on any atom is 0.217 e. The number of hydrogen-bond acceptors (Lipinski definition) is 3. The van der Waals surface area contributed by atoms with Gasteiger partial charge in [-0.1, -0.05) is 0 Å². The van der Waals surface area contributed by atoms with Crippen LogP contribution in [0.5, 0.6) is 5.75 Å². The van der Waals surface area contributed by atoms with Gasteiger partial charge in [0, 0.05) is 13.5 Å². The summed E-state index contributed by atoms with van der Waals surface area (Å²) in [7, 11) is 0. The van der Waals surface area contributed by atoms with Crippen molar-refractivity contribution in [1.29, 1.82) is 0 Å². The first-order valence-electron chi connectivity index (χ1n) is 4.33. The number of phenolic OH excluding ortho intramolecular Hbond substituents is 1. The number of amides is 1. The topological polar surface area (TPSA) is 75.3 Å². The Labute approximate surface area is 82.7 Å². The summed E-state index contributed by atoms with van der Waals surface area (Å²) >= 11 is 0. The molecule has 0 fully saturated rings. The average molecular weight is 194 g/mol. The second-order valence-electron chi connectivity index (χ2n) is 3.25. The van der Waals surface area contributed by atoms with Gasteiger partial charge in [-0.05, 0) is 30.2 Å². The third-order valence-electron chi connectivity index (χ3n) is 2.01. The number of nitrogens with two attached hydrogens (primary N) is 1. The zero-order chi connectivity index (χ0) is 10.7. The molecule has 0 spiro atoms. The van der Waals surface area contributed by atoms with Gasteiger partial charge in [0.1, 0.15) is 5.75 Å². The van der Waals surface area contributed by atoms with E-state index in [-0.39, 0.29) is 11.7 Å². The number of rotatable bonds is 2. The van der Waals surface area contributed by atoms with Crippen LogP contribution in [0.3, 0.4) is 0 Å². The molecule has 0 unspecified atom stereocenters. The number of aryl methyl sites for hydroxylation is 1. The summed E-state index contributed by atoms with van der Waals surface area (Å²) in [5, 5.41) is 12.0. The second kappa shape index (κ2) is 4.00. The first-order valence-corrected chi connectivity index (χ1v) is 4.33. The van der Waals surface area contributed by atoms with Gasteiger partial charge in [-0.3, -0.25) is 4.79 Å². The maximum atomic E-state index is 10.7. The Morgan fingerprint density at radius 2 is 2.21 bits per heavy atom. The SMILES string of the molecule is CC(=O)NCc1cc(O)c(N)cc1C. The molecule has 4 heteroatoms. The van der Waals surface area contributed by atoms with Crippen molar-refractivity contribution in [1.82, 2.24) is 5.32 Å². The zero-order valence-corrected chi connectivity index (χ0v) is 8.29. The molecule has 1 rings (SSSR count). The smallest absolute Gasteiger partial charge is 0.217 e. The van der Waals surface area contributed by atoms with Gasteiger partial charge in [0.05, 0.1) is 5.69 Å². The number of anilines is 1. The normalized spacial score (nSPS) is 9.86. The monoisotopic (exact) mass is 194 g/mol. The quantitative estimate of drug-likeness (QED) is 0.484. The maximum absolute atomic E-state index is 10.7. The Bertz CT molecular complexity index is 361. The van der Waals surface area contributed by atoms with Crippen LogP contribution in [-0.2, 0) is 11.3 Å². The number of nitrogen functional groups attached to an aromatic ring is 1. The van der Waals surface area contributed by atoms with Crippen LogP contribution in [0, 0.1) is 6.92 Å². The summed E-state index contributed by atoms with van der Waals surface area (Å²) in [5.41, 5.74) is 7.68. The summed E-state index contributed by atoms with van der Waals surface area (Å²) in [4.78, 5) is 10.7. The standard InChI is InChI=1S/C10H14N2O2/c1-6-3-9(11)10(14)4-8(6)5-12-7(2)13/h3-4,14H,5,11H2,1-2H3,(H,12,13). The van der Waals surface area contributed by atoms with Crippen LogP contribution in [0.4, 0.5) is 5.69 Å². The molecule has 0 atom stereocenters. The van der Waals surface area contributed by atoms with Crippen molar-refractivity contribution < 1.29 is 9.90 Å². The van der Waals surface area contributed by atoms with Gasteiger partial charge in [0.2, 0.25) is 5.91 Å². The molecule has 0 aliphatic heterocycles. The molecule has 4 N–H and O–H groups in total. The highest BCUT2D eigenvalue weighted by atomic mass is 16.3. The van der Waals surface area contributed by atoms with Crippen LogP contribution < -0.4 is 11.1 Å². The number of phenols is 1. The molecule has 1 aromatic carbocycles. The largest absolute Gasteiger partial charge is 0.506 e. The minimum absolute atomic E-state index is 0.0518. The molecule has 1 aromatic rings. The van der Waals surface area contributed by atoms with Crippen molar-refractivity contribution >= 4 is 11.6 Å². The minimum atomic E-state index is -0.0966. The summed E-state index contributed by atoms with van der Waals surface area (Å²) in [6.07, 6.45) is 0. The minimum Gasteiger partial charge on any atom is -0.506 e. The molecule has 0 bridgehead atoms. The lowest BCUT2D eigenvalue weighted by Crippen LogP contribution is -2.19. The molecule has 76 valence electrons. The van der Waals surface area contributed by atoms with E-state index in [0.717, 1.165) is 11.1 Å². The molecular weight excluding hydrogens is 180 g/mol. The van der Waals surface area contributed by atoms with Crippen molar-refractivity contribution in [3.8, 4) is 5.75 Å². The van der Waals surface area contributed by atoms with Crippen molar-refractivity contribution in [3.05, 3.63) is 23.3 Å². The molecule has 0 saturated carbocycles. The predicted octanol–water partition coefficient (Wildman–Crippen LogP) is 0.919. The Hall–Kier alpha value is -1.71. The van der Waals surface area contributed by atoms with Gasteiger partial charge in [-0.25, -0.2) is 0 Å². The number of benzene rings is 1. The Morgan fingerprint density at radius 1 is 1.57 bits per heavy atom. The van der Waals surface area contributed by atoms with Gasteiger partial charge in [0.25, 0.3) is 0 Å². The summed E-state index contributed by atoms with van der Waals surface area (Å²) < 4.78 is 0. The van der Waals surface area contributed by atoms with E-state index in [2.05, 4.69) is 5.32 Å². The fourth-order valence-corrected chi connectivity index (χ4v) is 1.17. The second-order valence-corrected chi connectivity index (χ2v) is 3.25. The number of hydrogen-bond donors (Lipinski definition) is 3. The van der Waals surface area contributed by atoms with Crippen molar-refractivity contribution in [3.63, 3.8) is 0 Å². The van der Waals surface area contributed by atoms with Crippen LogP contribution in [0.2, 0.25) is 0 Å². The van der Waals surface area contributed by atoms with Crippen LogP contribution in [0.1, 0.15) is 18.1 Å². The van der Waals surface area contributed by atoms with Gasteiger partial charge in [0.15, 0.2) is 0 Å². The van der Waals surface area contributed by atoms with E-state index in [1.54, 1.807) is 12.1 Å². The Morgan fingerprint density at radius 3 is 2.79 bits per heavy atom. The molecule has 1 amide bonds. The summed E-state index contributed by atoms with van der Waals surface area (Å²) in [5.74, 6) is -0.0448. The van der Waals surface area contributed by atoms with E-state index in [4.69, 9.17) is 5.73 Å². The molecule has 0 aliphatic carbocycles. The predicted molar refractivity (Wildman–Crippen MR) is 54.8 cm³/mol. The van der Waals surface area contributed by atoms with E-state index in [1.165, 1.54) is 6.92 Å². The highest BCUT2D eigenvalue weighted by Gasteiger charge is 2.04. The number of carbonyl (C=O) groups is 1. The van der Waals surface area contributed by atoms with E-state index < -0.39 is 0 Å². The Kier molecular flexibility index (Phi) is 2.96. The third kappa shape index (κ3) is 2.39. The van der Waals surface area contributed by atoms with Gasteiger partial charge in [-0.15, -0.1) is 0 Å². The molecular formula is C10H14N2O2. The lowest BCUT2D eigenvalue weighted by atomic mass is 10.1. The lowest BCUT2D eigenvalue weighted by Gasteiger charge is -2.08. The van der Waals surface area contributed by atoms with Crippen molar-refractivity contribution in [2.45, 2.75) is 20.4 Å². The molecule has 0 heterocycles. The van der Waals surface area contributed by atoms with E-state index in [0.29, 0.717) is 12.2 Å². The molecule has 0 aromatic heterocycles. The van der Waals surface area contributed by atoms with Gasteiger partial charge >= 0.3 is 0 Å². The summed E-state index contributed by atoms with van der Waals surface area (Å²) in [6.45, 7) is 3.74. The highest BCUT2D eigenvalue weighted by Crippen LogP contribution is 2.23. The fraction of sp³-hybridized carbons (Fsp3) is 0.300. The van der Waals surface area contributed by atoms with Crippen LogP contribution in [0.15, 0.2) is 12.1 Å². The number of aromatic hydroxyl groups is 1. The average Bonchev–Trinajstić information content (AvgIpc) is 2.09. The molecule has 4 nitrogen and oxygen atoms in total. The Balaban J connectivity index is 2.87. The van der Waals surface area contributed by atoms with E-state index in [1.807, 2.05) is 6.92 Å². The van der Waals surface area contributed by atoms with Gasteiger partial charge in [-0.2, -0.15) is 0 Å². The van der Waals surface area contributed by atoms with Gasteiger partial charge < -0.3 is 16.2 Å². The molecule has 0 radical (unpaired) electrons. The molecule has 0 saturated heterocycles. The van der Waals surface area contributed by atoms with E-state index in [9.17, 15) is 9.90 Å². The van der Waals surface area contributed by atoms with Crippen LogP contribution >= 0.6 is 0 Å². The fourth-order valence-electron chi connectivity index (χ4n) is 1.17. The van der Waals surface area contributed by atoms with Crippen molar-refractivity contribution in [2.24, 2.45) is 0 Å². The third-order valence-corrected chi connectivity index (χ3v) is 2.01. The van der Waals surface area contributed by atoms with Crippen LogP contribution in [-0.4, -0.2) is 11.0 Å². The first-order chi connectivity index (χ1) is 6.50.